The van der Waals surface area contributed by atoms with E-state index in [1.807, 2.05) is 30.3 Å². The number of nitrogens with zero attached hydrogens (tertiary/aromatic N) is 1. The number of hydrogen-bond donors (Lipinski definition) is 4. The van der Waals surface area contributed by atoms with E-state index < -0.39 is 0 Å². The Morgan fingerprint density at radius 3 is 2.33 bits per heavy atom. The fraction of sp³-hybridized carbons (Fsp3) is 0.0476. The van der Waals surface area contributed by atoms with E-state index in [9.17, 15) is 9.90 Å². The molecule has 0 saturated carbocycles. The maximum absolute atomic E-state index is 12.3. The van der Waals surface area contributed by atoms with Crippen molar-refractivity contribution < 1.29 is 9.90 Å². The zero-order valence-corrected chi connectivity index (χ0v) is 14.6. The zero-order chi connectivity index (χ0) is 19.2. The first-order chi connectivity index (χ1) is 13.0. The van der Waals surface area contributed by atoms with Gasteiger partial charge in [0.05, 0.1) is 5.71 Å². The van der Waals surface area contributed by atoms with Crippen molar-refractivity contribution in [2.24, 2.45) is 5.10 Å². The van der Waals surface area contributed by atoms with E-state index in [1.54, 1.807) is 18.2 Å². The molecule has 3 aromatic rings. The Morgan fingerprint density at radius 2 is 1.63 bits per heavy atom. The molecule has 3 rings (SSSR count). The lowest BCUT2D eigenvalue weighted by atomic mass is 10.0. The minimum Gasteiger partial charge on any atom is -0.508 e. The average Bonchev–Trinajstić information content (AvgIpc) is 2.68. The van der Waals surface area contributed by atoms with Gasteiger partial charge in [0, 0.05) is 23.4 Å². The van der Waals surface area contributed by atoms with E-state index in [4.69, 9.17) is 11.5 Å². The number of carbonyl (C=O) groups is 1. The molecule has 0 heterocycles. The number of hydrazone groups is 1. The lowest BCUT2D eigenvalue weighted by Gasteiger charge is -2.11. The second-order valence-electron chi connectivity index (χ2n) is 6.05. The third-order valence-corrected chi connectivity index (χ3v) is 4.05. The summed E-state index contributed by atoms with van der Waals surface area (Å²) in [5.41, 5.74) is 18.5. The second-order valence-corrected chi connectivity index (χ2v) is 6.05. The summed E-state index contributed by atoms with van der Waals surface area (Å²) in [6, 6.07) is 20.8. The van der Waals surface area contributed by atoms with Crippen LogP contribution in [0, 0.1) is 0 Å². The molecule has 0 fully saturated rings. The molecule has 0 unspecified atom stereocenters. The number of aromatic hydroxyl groups is 1. The summed E-state index contributed by atoms with van der Waals surface area (Å²) in [7, 11) is 0. The lowest BCUT2D eigenvalue weighted by Crippen LogP contribution is -2.21. The number of rotatable bonds is 5. The Balaban J connectivity index is 1.88. The van der Waals surface area contributed by atoms with E-state index in [0.29, 0.717) is 29.1 Å². The van der Waals surface area contributed by atoms with Gasteiger partial charge in [-0.25, -0.2) is 5.43 Å². The van der Waals surface area contributed by atoms with Crippen LogP contribution in [0.1, 0.15) is 21.5 Å². The van der Waals surface area contributed by atoms with Crippen LogP contribution in [0.3, 0.4) is 0 Å². The molecule has 0 aliphatic heterocycles. The number of hydrogen-bond acceptors (Lipinski definition) is 5. The van der Waals surface area contributed by atoms with Gasteiger partial charge in [0.2, 0.25) is 0 Å². The van der Waals surface area contributed by atoms with Crippen molar-refractivity contribution in [3.63, 3.8) is 0 Å². The number of phenolic OH excluding ortho intramolecular Hbond substituents is 1. The molecule has 1 amide bonds. The SMILES string of the molecule is Nc1ccc(N)c(CC(=NNC(=O)c2ccc(O)cc2)c2ccccc2)c1. The van der Waals surface area contributed by atoms with Crippen molar-refractivity contribution in [1.82, 2.24) is 5.43 Å². The van der Waals surface area contributed by atoms with Crippen molar-refractivity contribution >= 4 is 23.0 Å². The lowest BCUT2D eigenvalue weighted by molar-refractivity contribution is 0.0955. The van der Waals surface area contributed by atoms with E-state index in [2.05, 4.69) is 10.5 Å². The summed E-state index contributed by atoms with van der Waals surface area (Å²) in [6.45, 7) is 0. The minimum absolute atomic E-state index is 0.0946. The summed E-state index contributed by atoms with van der Waals surface area (Å²) in [4.78, 5) is 12.3. The van der Waals surface area contributed by atoms with Crippen LogP contribution in [0.4, 0.5) is 11.4 Å². The molecule has 0 aliphatic carbocycles. The van der Waals surface area contributed by atoms with Crippen molar-refractivity contribution in [1.29, 1.82) is 0 Å². The Bertz CT molecular complexity index is 967. The Kier molecular flexibility index (Phi) is 5.37. The number of nitrogens with one attached hydrogen (secondary N) is 1. The van der Waals surface area contributed by atoms with Crippen LogP contribution in [0.2, 0.25) is 0 Å². The van der Waals surface area contributed by atoms with E-state index in [-0.39, 0.29) is 11.7 Å². The molecule has 0 saturated heterocycles. The van der Waals surface area contributed by atoms with Crippen molar-refractivity contribution in [2.45, 2.75) is 6.42 Å². The summed E-state index contributed by atoms with van der Waals surface area (Å²) in [6.07, 6.45) is 0.413. The molecule has 0 aromatic heterocycles. The van der Waals surface area contributed by atoms with Crippen LogP contribution in [-0.4, -0.2) is 16.7 Å². The molecule has 3 aromatic carbocycles. The van der Waals surface area contributed by atoms with Crippen LogP contribution in [0.25, 0.3) is 0 Å². The van der Waals surface area contributed by atoms with Gasteiger partial charge < -0.3 is 16.6 Å². The molecule has 6 heteroatoms. The van der Waals surface area contributed by atoms with E-state index >= 15 is 0 Å². The Morgan fingerprint density at radius 1 is 0.926 bits per heavy atom. The maximum Gasteiger partial charge on any atom is 0.271 e. The first-order valence-corrected chi connectivity index (χ1v) is 8.38. The van der Waals surface area contributed by atoms with Crippen LogP contribution in [0.5, 0.6) is 5.75 Å². The van der Waals surface area contributed by atoms with Crippen molar-refractivity contribution in [2.75, 3.05) is 11.5 Å². The fourth-order valence-corrected chi connectivity index (χ4v) is 2.59. The van der Waals surface area contributed by atoms with Crippen molar-refractivity contribution in [3.8, 4) is 5.75 Å². The van der Waals surface area contributed by atoms with Gasteiger partial charge in [-0.05, 0) is 53.6 Å². The molecule has 0 radical (unpaired) electrons. The number of phenols is 1. The monoisotopic (exact) mass is 360 g/mol. The molecular weight excluding hydrogens is 340 g/mol. The zero-order valence-electron chi connectivity index (χ0n) is 14.6. The number of nitrogen functional groups attached to an aromatic ring is 2. The highest BCUT2D eigenvalue weighted by atomic mass is 16.3. The summed E-state index contributed by atoms with van der Waals surface area (Å²) >= 11 is 0. The molecule has 27 heavy (non-hydrogen) atoms. The molecule has 0 spiro atoms. The molecule has 0 atom stereocenters. The Hall–Kier alpha value is -3.80. The smallest absolute Gasteiger partial charge is 0.271 e. The molecule has 0 bridgehead atoms. The van der Waals surface area contributed by atoms with E-state index in [1.165, 1.54) is 24.3 Å². The highest BCUT2D eigenvalue weighted by molar-refractivity contribution is 6.03. The van der Waals surface area contributed by atoms with Gasteiger partial charge in [-0.1, -0.05) is 30.3 Å². The first-order valence-electron chi connectivity index (χ1n) is 8.38. The Labute approximate surface area is 157 Å². The molecule has 6 nitrogen and oxygen atoms in total. The fourth-order valence-electron chi connectivity index (χ4n) is 2.59. The van der Waals surface area contributed by atoms with Crippen LogP contribution in [-0.2, 0) is 6.42 Å². The summed E-state index contributed by atoms with van der Waals surface area (Å²) in [5.74, 6) is -0.277. The van der Waals surface area contributed by atoms with Gasteiger partial charge >= 0.3 is 0 Å². The third kappa shape index (κ3) is 4.64. The van der Waals surface area contributed by atoms with Gasteiger partial charge in [-0.2, -0.15) is 5.10 Å². The molecule has 136 valence electrons. The van der Waals surface area contributed by atoms with Crippen molar-refractivity contribution in [3.05, 3.63) is 89.5 Å². The highest BCUT2D eigenvalue weighted by Crippen LogP contribution is 2.18. The maximum atomic E-state index is 12.3. The quantitative estimate of drug-likeness (QED) is 0.318. The number of carbonyl (C=O) groups excluding carboxylic acids is 1. The van der Waals surface area contributed by atoms with Gasteiger partial charge in [0.25, 0.3) is 5.91 Å². The summed E-state index contributed by atoms with van der Waals surface area (Å²) in [5, 5.41) is 13.7. The van der Waals surface area contributed by atoms with Crippen LogP contribution < -0.4 is 16.9 Å². The third-order valence-electron chi connectivity index (χ3n) is 4.05. The summed E-state index contributed by atoms with van der Waals surface area (Å²) < 4.78 is 0. The normalized spacial score (nSPS) is 11.2. The minimum atomic E-state index is -0.371. The topological polar surface area (TPSA) is 114 Å². The number of benzene rings is 3. The molecule has 6 N–H and O–H groups in total. The predicted octanol–water partition coefficient (Wildman–Crippen LogP) is 2.93. The molecular formula is C21H20N4O2. The average molecular weight is 360 g/mol. The van der Waals surface area contributed by atoms with E-state index in [0.717, 1.165) is 11.1 Å². The van der Waals surface area contributed by atoms with Gasteiger partial charge in [-0.3, -0.25) is 4.79 Å². The van der Waals surface area contributed by atoms with Crippen LogP contribution >= 0.6 is 0 Å². The second kappa shape index (κ2) is 8.05. The number of amides is 1. The molecule has 0 aliphatic rings. The highest BCUT2D eigenvalue weighted by Gasteiger charge is 2.10. The van der Waals surface area contributed by atoms with Gasteiger partial charge in [0.15, 0.2) is 0 Å². The van der Waals surface area contributed by atoms with Gasteiger partial charge in [0.1, 0.15) is 5.75 Å². The largest absolute Gasteiger partial charge is 0.508 e. The number of anilines is 2. The van der Waals surface area contributed by atoms with Crippen LogP contribution in [0.15, 0.2) is 77.9 Å². The predicted molar refractivity (Wildman–Crippen MR) is 108 cm³/mol. The van der Waals surface area contributed by atoms with Gasteiger partial charge in [-0.15, -0.1) is 0 Å². The number of nitrogens with two attached hydrogens (primary N) is 2. The first kappa shape index (κ1) is 18.0. The standard InChI is InChI=1S/C21H20N4O2/c22-17-8-11-19(23)16(12-17)13-20(14-4-2-1-3-5-14)24-25-21(27)15-6-9-18(26)10-7-15/h1-12,26H,13,22-23H2,(H,25,27).